The molecule has 0 bridgehead atoms. The summed E-state index contributed by atoms with van der Waals surface area (Å²) in [4.78, 5) is 24.0. The van der Waals surface area contributed by atoms with E-state index in [1.165, 1.54) is 25.7 Å². The molecule has 26 heavy (non-hydrogen) atoms. The summed E-state index contributed by atoms with van der Waals surface area (Å²) in [6.07, 6.45) is 9.41. The van der Waals surface area contributed by atoms with Crippen LogP contribution >= 0.6 is 0 Å². The van der Waals surface area contributed by atoms with Crippen molar-refractivity contribution in [3.63, 3.8) is 0 Å². The number of hydrogen-bond acceptors (Lipinski definition) is 4. The van der Waals surface area contributed by atoms with Gasteiger partial charge in [0.2, 0.25) is 0 Å². The molecule has 0 spiro atoms. The van der Waals surface area contributed by atoms with E-state index >= 15 is 0 Å². The Kier molecular flexibility index (Phi) is 13.5. The molecule has 0 aliphatic rings. The number of ether oxygens (including phenoxy) is 2. The Morgan fingerprint density at radius 2 is 1.35 bits per heavy atom. The van der Waals surface area contributed by atoms with Crippen molar-refractivity contribution in [2.75, 3.05) is 6.61 Å². The third kappa shape index (κ3) is 11.5. The van der Waals surface area contributed by atoms with E-state index in [0.29, 0.717) is 12.8 Å². The summed E-state index contributed by atoms with van der Waals surface area (Å²) in [6, 6.07) is 0. The molecule has 0 amide bonds. The van der Waals surface area contributed by atoms with E-state index in [1.807, 2.05) is 27.7 Å². The van der Waals surface area contributed by atoms with Crippen LogP contribution in [0.2, 0.25) is 0 Å². The van der Waals surface area contributed by atoms with Gasteiger partial charge in [-0.3, -0.25) is 9.59 Å². The molecule has 0 saturated heterocycles. The highest BCUT2D eigenvalue weighted by atomic mass is 16.6. The van der Waals surface area contributed by atoms with Crippen molar-refractivity contribution in [1.82, 2.24) is 0 Å². The summed E-state index contributed by atoms with van der Waals surface area (Å²) in [5.41, 5.74) is -0.396. The summed E-state index contributed by atoms with van der Waals surface area (Å²) >= 11 is 0. The minimum absolute atomic E-state index is 0.145. The molecular formula is C22H42O4. The summed E-state index contributed by atoms with van der Waals surface area (Å²) < 4.78 is 11.2. The van der Waals surface area contributed by atoms with Gasteiger partial charge < -0.3 is 9.47 Å². The van der Waals surface area contributed by atoms with E-state index in [1.54, 1.807) is 0 Å². The van der Waals surface area contributed by atoms with E-state index in [2.05, 4.69) is 13.8 Å². The monoisotopic (exact) mass is 370 g/mol. The largest absolute Gasteiger partial charge is 0.465 e. The molecule has 0 aromatic heterocycles. The molecule has 0 aromatic rings. The maximum atomic E-state index is 12.0. The van der Waals surface area contributed by atoms with Gasteiger partial charge in [-0.25, -0.2) is 0 Å². The van der Waals surface area contributed by atoms with Gasteiger partial charge in [0.15, 0.2) is 0 Å². The number of hydrogen-bond donors (Lipinski definition) is 0. The van der Waals surface area contributed by atoms with Gasteiger partial charge >= 0.3 is 11.9 Å². The fourth-order valence-corrected chi connectivity index (χ4v) is 3.19. The van der Waals surface area contributed by atoms with Crippen LogP contribution in [-0.2, 0) is 19.1 Å². The lowest BCUT2D eigenvalue weighted by atomic mass is 9.81. The summed E-state index contributed by atoms with van der Waals surface area (Å²) in [6.45, 7) is 12.6. The topological polar surface area (TPSA) is 52.6 Å². The Bertz CT molecular complexity index is 388. The minimum atomic E-state index is -0.396. The summed E-state index contributed by atoms with van der Waals surface area (Å²) in [5, 5.41) is 0. The van der Waals surface area contributed by atoms with Crippen molar-refractivity contribution in [2.24, 2.45) is 11.3 Å². The van der Waals surface area contributed by atoms with Gasteiger partial charge in [-0.15, -0.1) is 0 Å². The Balaban J connectivity index is 4.31. The number of carbonyl (C=O) groups is 2. The van der Waals surface area contributed by atoms with Crippen LogP contribution in [0.15, 0.2) is 0 Å². The molecule has 0 saturated carbocycles. The predicted molar refractivity (Wildman–Crippen MR) is 107 cm³/mol. The standard InChI is InChI=1S/C22H42O4/c1-7-9-11-12-13-14-16-19(23)25-17-22(5,6)21(18(3)4)26-20(24)15-10-8-2/h18,21H,7-17H2,1-6H3. The molecule has 0 radical (unpaired) electrons. The van der Waals surface area contributed by atoms with Gasteiger partial charge in [0, 0.05) is 18.3 Å². The van der Waals surface area contributed by atoms with Crippen LogP contribution in [0.25, 0.3) is 0 Å². The first-order valence-corrected chi connectivity index (χ1v) is 10.6. The van der Waals surface area contributed by atoms with Gasteiger partial charge in [0.1, 0.15) is 6.10 Å². The fourth-order valence-electron chi connectivity index (χ4n) is 3.19. The Hall–Kier alpha value is -1.06. The lowest BCUT2D eigenvalue weighted by Gasteiger charge is -2.36. The molecule has 4 heteroatoms. The number of unbranched alkanes of at least 4 members (excludes halogenated alkanes) is 6. The van der Waals surface area contributed by atoms with Gasteiger partial charge in [-0.2, -0.15) is 0 Å². The van der Waals surface area contributed by atoms with Crippen LogP contribution in [-0.4, -0.2) is 24.6 Å². The van der Waals surface area contributed by atoms with Crippen molar-refractivity contribution < 1.29 is 19.1 Å². The van der Waals surface area contributed by atoms with E-state index in [4.69, 9.17) is 9.47 Å². The fraction of sp³-hybridized carbons (Fsp3) is 0.909. The molecule has 0 aliphatic heterocycles. The Labute approximate surface area is 161 Å². The molecule has 0 heterocycles. The number of carbonyl (C=O) groups excluding carboxylic acids is 2. The first-order chi connectivity index (χ1) is 12.2. The zero-order valence-corrected chi connectivity index (χ0v) is 18.1. The Morgan fingerprint density at radius 3 is 1.92 bits per heavy atom. The van der Waals surface area contributed by atoms with Crippen LogP contribution in [0.1, 0.15) is 106 Å². The highest BCUT2D eigenvalue weighted by Crippen LogP contribution is 2.30. The molecule has 0 aromatic carbocycles. The molecule has 154 valence electrons. The van der Waals surface area contributed by atoms with Gasteiger partial charge in [-0.05, 0) is 18.8 Å². The predicted octanol–water partition coefficient (Wildman–Crippen LogP) is 6.06. The molecular weight excluding hydrogens is 328 g/mol. The van der Waals surface area contributed by atoms with Crippen LogP contribution in [0, 0.1) is 11.3 Å². The molecule has 0 aliphatic carbocycles. The first-order valence-electron chi connectivity index (χ1n) is 10.6. The minimum Gasteiger partial charge on any atom is -0.465 e. The molecule has 0 rings (SSSR count). The quantitative estimate of drug-likeness (QED) is 0.259. The maximum absolute atomic E-state index is 12.0. The zero-order valence-electron chi connectivity index (χ0n) is 18.1. The lowest BCUT2D eigenvalue weighted by molar-refractivity contribution is -0.165. The SMILES string of the molecule is CCCCCCCCC(=O)OCC(C)(C)C(OC(=O)CCCC)C(C)C. The third-order valence-electron chi connectivity index (χ3n) is 4.71. The molecule has 0 N–H and O–H groups in total. The summed E-state index contributed by atoms with van der Waals surface area (Å²) in [7, 11) is 0. The van der Waals surface area contributed by atoms with Crippen LogP contribution in [0.5, 0.6) is 0 Å². The zero-order chi connectivity index (χ0) is 20.0. The Morgan fingerprint density at radius 1 is 0.808 bits per heavy atom. The molecule has 0 fully saturated rings. The van der Waals surface area contributed by atoms with Gasteiger partial charge in [0.05, 0.1) is 6.61 Å². The number of esters is 2. The molecule has 1 unspecified atom stereocenters. The normalized spacial score (nSPS) is 12.9. The van der Waals surface area contributed by atoms with Crippen LogP contribution < -0.4 is 0 Å². The number of rotatable bonds is 15. The first kappa shape index (κ1) is 24.9. The van der Waals surface area contributed by atoms with Gasteiger partial charge in [0.25, 0.3) is 0 Å². The van der Waals surface area contributed by atoms with Crippen LogP contribution in [0.4, 0.5) is 0 Å². The molecule has 1 atom stereocenters. The van der Waals surface area contributed by atoms with E-state index in [9.17, 15) is 9.59 Å². The van der Waals surface area contributed by atoms with Gasteiger partial charge in [-0.1, -0.05) is 80.1 Å². The maximum Gasteiger partial charge on any atom is 0.306 e. The van der Waals surface area contributed by atoms with Crippen molar-refractivity contribution >= 4 is 11.9 Å². The second-order valence-electron chi connectivity index (χ2n) is 8.43. The van der Waals surface area contributed by atoms with Crippen molar-refractivity contribution in [1.29, 1.82) is 0 Å². The average Bonchev–Trinajstić information content (AvgIpc) is 2.58. The average molecular weight is 371 g/mol. The summed E-state index contributed by atoms with van der Waals surface area (Å²) in [5.74, 6) is -0.127. The third-order valence-corrected chi connectivity index (χ3v) is 4.71. The second kappa shape index (κ2) is 14.1. The highest BCUT2D eigenvalue weighted by Gasteiger charge is 2.36. The van der Waals surface area contributed by atoms with E-state index < -0.39 is 5.41 Å². The van der Waals surface area contributed by atoms with Crippen molar-refractivity contribution in [2.45, 2.75) is 112 Å². The molecule has 4 nitrogen and oxygen atoms in total. The smallest absolute Gasteiger partial charge is 0.306 e. The second-order valence-corrected chi connectivity index (χ2v) is 8.43. The van der Waals surface area contributed by atoms with E-state index in [-0.39, 0.29) is 30.6 Å². The van der Waals surface area contributed by atoms with Crippen molar-refractivity contribution in [3.8, 4) is 0 Å². The van der Waals surface area contributed by atoms with E-state index in [0.717, 1.165) is 25.7 Å². The van der Waals surface area contributed by atoms with Crippen LogP contribution in [0.3, 0.4) is 0 Å². The highest BCUT2D eigenvalue weighted by molar-refractivity contribution is 5.70. The van der Waals surface area contributed by atoms with Crippen molar-refractivity contribution in [3.05, 3.63) is 0 Å². The lowest BCUT2D eigenvalue weighted by Crippen LogP contribution is -2.41.